The molecule has 23 heteroatoms. The minimum absolute atomic E-state index is 0.00988. The number of primary amides is 1. The van der Waals surface area contributed by atoms with E-state index in [1.165, 1.54) is 69.4 Å². The van der Waals surface area contributed by atoms with Crippen LogP contribution in [0.3, 0.4) is 0 Å². The summed E-state index contributed by atoms with van der Waals surface area (Å²) in [5.41, 5.74) is 12.3. The van der Waals surface area contributed by atoms with Crippen LogP contribution in [0, 0.1) is 23.7 Å². The zero-order chi connectivity index (χ0) is 62.5. The van der Waals surface area contributed by atoms with Crippen molar-refractivity contribution in [2.24, 2.45) is 29.4 Å². The quantitative estimate of drug-likeness (QED) is 0.0616. The standard InChI is InChI=1S/C64H73N9O12S2/c1-34-20-55(77)36(3)72-61(83)44(29-57(79)37(4)71-60(82)35(2)21-56(78)38(5)73-64(84)85-33-52-50-12-8-6-10-48(50)49-11-7-9-13-51(49)52)25-40-15-17-54(76)42(23-40)28-47-32-70-63(87-47)67-19-18-66-62-69-31-46(86-62)27-41-22-39(14-16-53(41)75)24-43(58(65)80)26-45(74)30-68-59(34)81/h6-17,22-23,31-32,34-38,43-44,52,75-76H,18-21,24-30,33H2,1-5H3,(H2,65,80)(H,66,69)(H,67,70)(H,68,81)(H,71,82)(H,72,83)(H,73,84)/t34-,35-,36+,37+,38+,43-,44-/m1/s1. The normalized spacial score (nSPS) is 19.2. The number of nitrogens with zero attached hydrogens (tertiary/aromatic N) is 2. The topological polar surface area (TPSA) is 327 Å². The number of aromatic nitrogens is 2. The molecular formula is C64H73N9O12S2. The van der Waals surface area contributed by atoms with E-state index in [0.29, 0.717) is 52.0 Å². The number of phenolic OH excluding ortho intramolecular Hbond substituents is 2. The molecule has 0 saturated heterocycles. The van der Waals surface area contributed by atoms with Crippen molar-refractivity contribution in [3.8, 4) is 22.6 Å². The van der Waals surface area contributed by atoms with Crippen LogP contribution in [0.25, 0.3) is 11.1 Å². The number of carbonyl (C=O) groups is 9. The minimum atomic E-state index is -1.14. The van der Waals surface area contributed by atoms with E-state index in [-0.39, 0.29) is 62.5 Å². The van der Waals surface area contributed by atoms with Crippen molar-refractivity contribution >= 4 is 85.8 Å². The van der Waals surface area contributed by atoms with Crippen molar-refractivity contribution in [2.45, 2.75) is 110 Å². The lowest BCUT2D eigenvalue weighted by Gasteiger charge is -2.23. The van der Waals surface area contributed by atoms with Crippen molar-refractivity contribution < 1.29 is 58.1 Å². The number of rotatable bonds is 12. The van der Waals surface area contributed by atoms with Crippen LogP contribution < -0.4 is 37.6 Å². The number of Topliss-reactive ketones (excluding diaryl/α,β-unsaturated/α-hetero) is 4. The number of fused-ring (bicyclic) bond motifs is 11. The molecule has 10 N–H and O–H groups in total. The van der Waals surface area contributed by atoms with Crippen LogP contribution >= 0.6 is 22.7 Å². The van der Waals surface area contributed by atoms with Gasteiger partial charge in [-0.05, 0) is 90.3 Å². The molecule has 0 saturated carbocycles. The van der Waals surface area contributed by atoms with E-state index >= 15 is 0 Å². The van der Waals surface area contributed by atoms with Crippen molar-refractivity contribution in [1.29, 1.82) is 0 Å². The summed E-state index contributed by atoms with van der Waals surface area (Å²) in [6, 6.07) is 22.3. The second-order valence-electron chi connectivity index (χ2n) is 22.5. The van der Waals surface area contributed by atoms with E-state index in [1.54, 1.807) is 36.7 Å². The number of ether oxygens (including phenoxy) is 1. The number of ketones is 4. The Morgan fingerprint density at radius 3 is 1.82 bits per heavy atom. The number of nitrogens with one attached hydrogen (secondary N) is 6. The summed E-state index contributed by atoms with van der Waals surface area (Å²) in [5, 5.41) is 40.2. The van der Waals surface area contributed by atoms with Gasteiger partial charge in [-0.15, -0.1) is 22.7 Å². The third-order valence-corrected chi connectivity index (χ3v) is 17.6. The number of aromatic hydroxyl groups is 2. The van der Waals surface area contributed by atoms with E-state index in [0.717, 1.165) is 32.0 Å². The molecule has 2 aliphatic rings. The summed E-state index contributed by atoms with van der Waals surface area (Å²) in [5.74, 6) is -8.66. The van der Waals surface area contributed by atoms with E-state index in [4.69, 9.17) is 10.5 Å². The molecule has 1 aliphatic heterocycles. The summed E-state index contributed by atoms with van der Waals surface area (Å²) in [4.78, 5) is 132. The summed E-state index contributed by atoms with van der Waals surface area (Å²) >= 11 is 2.80. The van der Waals surface area contributed by atoms with Crippen molar-refractivity contribution in [3.05, 3.63) is 140 Å². The van der Waals surface area contributed by atoms with E-state index < -0.39 is 108 Å². The average Bonchev–Trinajstić information content (AvgIpc) is 1.82. The second-order valence-corrected chi connectivity index (χ2v) is 24.8. The molecule has 3 heterocycles. The van der Waals surface area contributed by atoms with Crippen LogP contribution in [0.5, 0.6) is 11.5 Å². The largest absolute Gasteiger partial charge is 0.508 e. The molecule has 0 radical (unpaired) electrons. The van der Waals surface area contributed by atoms with Gasteiger partial charge < -0.3 is 52.6 Å². The number of anilines is 2. The van der Waals surface area contributed by atoms with E-state index in [1.807, 2.05) is 48.5 Å². The first-order valence-electron chi connectivity index (χ1n) is 29.0. The van der Waals surface area contributed by atoms with Gasteiger partial charge in [-0.2, -0.15) is 0 Å². The summed E-state index contributed by atoms with van der Waals surface area (Å²) in [6.45, 7) is 7.99. The molecule has 0 unspecified atom stereocenters. The number of phenols is 2. The maximum absolute atomic E-state index is 14.3. The molecule has 5 amide bonds. The zero-order valence-corrected chi connectivity index (χ0v) is 50.7. The Labute approximate surface area is 512 Å². The van der Waals surface area contributed by atoms with Crippen LogP contribution in [0.4, 0.5) is 15.1 Å². The first-order chi connectivity index (χ1) is 41.6. The van der Waals surface area contributed by atoms with Gasteiger partial charge in [0.15, 0.2) is 33.4 Å². The third-order valence-electron chi connectivity index (χ3n) is 15.7. The fraction of sp³-hybridized carbons (Fsp3) is 0.391. The average molecular weight is 1220 g/mol. The lowest BCUT2D eigenvalue weighted by atomic mass is 9.90. The van der Waals surface area contributed by atoms with Crippen LogP contribution in [0.2, 0.25) is 0 Å². The second kappa shape index (κ2) is 29.5. The fourth-order valence-corrected chi connectivity index (χ4v) is 12.3. The van der Waals surface area contributed by atoms with Gasteiger partial charge in [-0.3, -0.25) is 38.4 Å². The maximum Gasteiger partial charge on any atom is 0.407 e. The van der Waals surface area contributed by atoms with Crippen LogP contribution in [-0.2, 0) is 68.8 Å². The molecule has 8 rings (SSSR count). The van der Waals surface area contributed by atoms with Gasteiger partial charge in [0.2, 0.25) is 23.6 Å². The van der Waals surface area contributed by atoms with E-state index in [9.17, 15) is 53.4 Å². The Balaban J connectivity index is 0.910. The first-order valence-corrected chi connectivity index (χ1v) is 30.6. The van der Waals surface area contributed by atoms with Gasteiger partial charge >= 0.3 is 6.09 Å². The lowest BCUT2D eigenvalue weighted by Crippen LogP contribution is -2.46. The molecular weight excluding hydrogens is 1150 g/mol. The number of benzene rings is 4. The highest BCUT2D eigenvalue weighted by Gasteiger charge is 2.33. The van der Waals surface area contributed by atoms with Gasteiger partial charge in [0, 0.05) is 103 Å². The SMILES string of the molecule is C[C@@H]1CC(=O)[C@H](C)NC(=O)[C@@H](CC(=O)[C@H](C)NC(=O)[C@H](C)CC(=O)[C@H](C)NC(=O)OCC2c3ccccc3-c3ccccc32)Cc2ccc(O)c(c2)Cc2cnc(s2)NCCNc2ncc(s2)Cc2cc(ccc2O)C[C@@H](C(N)=O)CC(=O)CNC1=O. The zero-order valence-electron chi connectivity index (χ0n) is 49.1. The number of hydrogen-bond acceptors (Lipinski definition) is 18. The van der Waals surface area contributed by atoms with Gasteiger partial charge in [0.25, 0.3) is 0 Å². The molecule has 0 fully saturated rings. The molecule has 1 aliphatic carbocycles. The molecule has 21 nitrogen and oxygen atoms in total. The monoisotopic (exact) mass is 1220 g/mol. The van der Waals surface area contributed by atoms with Crippen molar-refractivity contribution in [1.82, 2.24) is 31.2 Å². The molecule has 458 valence electrons. The van der Waals surface area contributed by atoms with Crippen LogP contribution in [0.1, 0.15) is 109 Å². The Hall–Kier alpha value is -8.83. The number of amides is 5. The highest BCUT2D eigenvalue weighted by molar-refractivity contribution is 7.15. The molecule has 4 aromatic carbocycles. The molecule has 87 heavy (non-hydrogen) atoms. The number of nitrogens with two attached hydrogens (primary N) is 1. The van der Waals surface area contributed by atoms with Gasteiger partial charge in [-0.25, -0.2) is 14.8 Å². The first kappa shape index (κ1) is 64.2. The molecule has 0 spiro atoms. The molecule has 8 bridgehead atoms. The van der Waals surface area contributed by atoms with Gasteiger partial charge in [0.1, 0.15) is 18.1 Å². The Morgan fingerprint density at radius 1 is 0.690 bits per heavy atom. The highest BCUT2D eigenvalue weighted by atomic mass is 32.1. The third kappa shape index (κ3) is 17.4. The maximum atomic E-state index is 14.3. The fourth-order valence-electron chi connectivity index (χ4n) is 10.6. The number of hydrogen-bond donors (Lipinski definition) is 9. The Bertz CT molecular complexity index is 3500. The van der Waals surface area contributed by atoms with Crippen molar-refractivity contribution in [3.63, 3.8) is 0 Å². The van der Waals surface area contributed by atoms with Crippen molar-refractivity contribution in [2.75, 3.05) is 36.9 Å². The molecule has 6 aromatic rings. The number of alkyl carbamates (subject to hydrolysis) is 1. The van der Waals surface area contributed by atoms with Crippen LogP contribution in [-0.4, -0.2) is 117 Å². The van der Waals surface area contributed by atoms with Gasteiger partial charge in [-0.1, -0.05) is 86.6 Å². The summed E-state index contributed by atoms with van der Waals surface area (Å²) in [6.07, 6.45) is 2.00. The van der Waals surface area contributed by atoms with E-state index in [2.05, 4.69) is 41.9 Å². The minimum Gasteiger partial charge on any atom is -0.508 e. The summed E-state index contributed by atoms with van der Waals surface area (Å²) in [7, 11) is 0. The Morgan fingerprint density at radius 2 is 1.24 bits per heavy atom. The lowest BCUT2D eigenvalue weighted by molar-refractivity contribution is -0.135. The predicted molar refractivity (Wildman–Crippen MR) is 329 cm³/mol. The molecule has 2 aromatic heterocycles. The summed E-state index contributed by atoms with van der Waals surface area (Å²) < 4.78 is 5.62. The smallest absolute Gasteiger partial charge is 0.407 e. The van der Waals surface area contributed by atoms with Crippen LogP contribution in [0.15, 0.2) is 97.3 Å². The predicted octanol–water partition coefficient (Wildman–Crippen LogP) is 6.69. The van der Waals surface area contributed by atoms with Gasteiger partial charge in [0.05, 0.1) is 24.7 Å². The number of carbonyl (C=O) groups excluding carboxylic acids is 9. The highest BCUT2D eigenvalue weighted by Crippen LogP contribution is 2.44. The number of thiazole rings is 2. The Kier molecular flexibility index (Phi) is 21.8. The molecule has 7 atom stereocenters.